The van der Waals surface area contributed by atoms with E-state index in [0.717, 1.165) is 5.56 Å². The molecule has 0 saturated carbocycles. The van der Waals surface area contributed by atoms with Crippen LogP contribution >= 0.6 is 0 Å². The molecule has 3 rings (SSSR count). The standard InChI is InChI=1S/C20H23FN2O6S/c21-16-3-1-15(2-4-16)9-12-29-17-5-7-18(8-6-17)30(26,27)23-20(19(24)22-25)10-13-28-14-11-20/h1-8,23,25H,9-14H2,(H,22,24). The average Bonchev–Trinajstić information content (AvgIpc) is 2.75. The largest absolute Gasteiger partial charge is 0.493 e. The van der Waals surface area contributed by atoms with Gasteiger partial charge >= 0.3 is 0 Å². The summed E-state index contributed by atoms with van der Waals surface area (Å²) in [6, 6.07) is 11.9. The lowest BCUT2D eigenvalue weighted by Crippen LogP contribution is -2.60. The topological polar surface area (TPSA) is 114 Å². The maximum absolute atomic E-state index is 12.9. The van der Waals surface area contributed by atoms with Crippen molar-refractivity contribution in [3.05, 3.63) is 59.9 Å². The number of hydrogen-bond acceptors (Lipinski definition) is 6. The highest BCUT2D eigenvalue weighted by Gasteiger charge is 2.43. The van der Waals surface area contributed by atoms with Gasteiger partial charge in [0.25, 0.3) is 5.91 Å². The third-order valence-electron chi connectivity index (χ3n) is 4.92. The molecule has 2 aromatic carbocycles. The summed E-state index contributed by atoms with van der Waals surface area (Å²) in [6.07, 6.45) is 0.773. The molecule has 1 aliphatic rings. The van der Waals surface area contributed by atoms with Crippen LogP contribution in [0.3, 0.4) is 0 Å². The van der Waals surface area contributed by atoms with Gasteiger partial charge in [0.15, 0.2) is 0 Å². The lowest BCUT2D eigenvalue weighted by atomic mass is 9.91. The van der Waals surface area contributed by atoms with E-state index < -0.39 is 21.5 Å². The van der Waals surface area contributed by atoms with E-state index >= 15 is 0 Å². The van der Waals surface area contributed by atoms with Gasteiger partial charge in [-0.15, -0.1) is 0 Å². The Morgan fingerprint density at radius 2 is 1.73 bits per heavy atom. The first-order chi connectivity index (χ1) is 14.3. The predicted molar refractivity (Wildman–Crippen MR) is 105 cm³/mol. The fourth-order valence-corrected chi connectivity index (χ4v) is 4.59. The van der Waals surface area contributed by atoms with Crippen LogP contribution in [0.1, 0.15) is 18.4 Å². The zero-order valence-electron chi connectivity index (χ0n) is 16.1. The van der Waals surface area contributed by atoms with Gasteiger partial charge in [0.2, 0.25) is 10.0 Å². The first-order valence-electron chi connectivity index (χ1n) is 9.38. The fraction of sp³-hybridized carbons (Fsp3) is 0.350. The van der Waals surface area contributed by atoms with Gasteiger partial charge in [-0.25, -0.2) is 18.3 Å². The van der Waals surface area contributed by atoms with Crippen molar-refractivity contribution < 1.29 is 32.3 Å². The Balaban J connectivity index is 1.63. The minimum atomic E-state index is -4.03. The van der Waals surface area contributed by atoms with Crippen LogP contribution in [0, 0.1) is 5.82 Å². The number of carbonyl (C=O) groups is 1. The van der Waals surface area contributed by atoms with Gasteiger partial charge in [0.1, 0.15) is 17.1 Å². The Kier molecular flexibility index (Phi) is 7.03. The summed E-state index contributed by atoms with van der Waals surface area (Å²) in [7, 11) is -4.03. The Morgan fingerprint density at radius 1 is 1.10 bits per heavy atom. The second-order valence-electron chi connectivity index (χ2n) is 6.94. The van der Waals surface area contributed by atoms with Crippen molar-refractivity contribution in [3.8, 4) is 5.75 Å². The maximum Gasteiger partial charge on any atom is 0.264 e. The molecule has 1 fully saturated rings. The summed E-state index contributed by atoms with van der Waals surface area (Å²) in [5.41, 5.74) is 0.980. The third-order valence-corrected chi connectivity index (χ3v) is 6.47. The number of amides is 1. The molecule has 0 spiro atoms. The predicted octanol–water partition coefficient (Wildman–Crippen LogP) is 1.78. The molecule has 1 saturated heterocycles. The first-order valence-corrected chi connectivity index (χ1v) is 10.9. The number of sulfonamides is 1. The Morgan fingerprint density at radius 3 is 2.33 bits per heavy atom. The Labute approximate surface area is 174 Å². The maximum atomic E-state index is 12.9. The van der Waals surface area contributed by atoms with Crippen molar-refractivity contribution in [1.29, 1.82) is 0 Å². The van der Waals surface area contributed by atoms with Crippen molar-refractivity contribution in [3.63, 3.8) is 0 Å². The molecule has 0 unspecified atom stereocenters. The van der Waals surface area contributed by atoms with Crippen molar-refractivity contribution >= 4 is 15.9 Å². The lowest BCUT2D eigenvalue weighted by molar-refractivity contribution is -0.139. The van der Waals surface area contributed by atoms with E-state index in [1.807, 2.05) is 0 Å². The van der Waals surface area contributed by atoms with Gasteiger partial charge in [-0.05, 0) is 54.8 Å². The first kappa shape index (κ1) is 22.2. The molecule has 8 nitrogen and oxygen atoms in total. The number of benzene rings is 2. The summed E-state index contributed by atoms with van der Waals surface area (Å²) in [5, 5.41) is 9.02. The number of nitrogens with one attached hydrogen (secondary N) is 2. The zero-order chi connectivity index (χ0) is 21.6. The molecule has 0 aliphatic carbocycles. The third kappa shape index (κ3) is 5.33. The molecule has 1 aliphatic heterocycles. The van der Waals surface area contributed by atoms with E-state index in [9.17, 15) is 17.6 Å². The second kappa shape index (κ2) is 9.52. The Hall–Kier alpha value is -2.53. The van der Waals surface area contributed by atoms with E-state index in [0.29, 0.717) is 18.8 Å². The highest BCUT2D eigenvalue weighted by molar-refractivity contribution is 7.89. The summed E-state index contributed by atoms with van der Waals surface area (Å²) >= 11 is 0. The second-order valence-corrected chi connectivity index (χ2v) is 8.62. The summed E-state index contributed by atoms with van der Waals surface area (Å²) in [5.74, 6) is -0.649. The molecule has 0 radical (unpaired) electrons. The van der Waals surface area contributed by atoms with Crippen molar-refractivity contribution in [1.82, 2.24) is 10.2 Å². The normalized spacial score (nSPS) is 16.1. The Bertz CT molecular complexity index is 958. The van der Waals surface area contributed by atoms with Crippen LogP contribution in [-0.4, -0.2) is 44.9 Å². The quantitative estimate of drug-likeness (QED) is 0.428. The van der Waals surface area contributed by atoms with Crippen LogP contribution in [0.25, 0.3) is 0 Å². The number of hydrogen-bond donors (Lipinski definition) is 3. The van der Waals surface area contributed by atoms with Crippen LogP contribution < -0.4 is 14.9 Å². The van der Waals surface area contributed by atoms with E-state index in [-0.39, 0.29) is 36.8 Å². The number of halogens is 1. The minimum absolute atomic E-state index is 0.0370. The molecular weight excluding hydrogens is 415 g/mol. The number of carbonyl (C=O) groups excluding carboxylic acids is 1. The molecule has 30 heavy (non-hydrogen) atoms. The SMILES string of the molecule is O=C(NO)C1(NS(=O)(=O)c2ccc(OCCc3ccc(F)cc3)cc2)CCOCC1. The molecule has 0 bridgehead atoms. The van der Waals surface area contributed by atoms with Gasteiger partial charge in [0, 0.05) is 19.6 Å². The van der Waals surface area contributed by atoms with Crippen LogP contribution in [0.4, 0.5) is 4.39 Å². The molecular formula is C20H23FN2O6S. The molecule has 3 N–H and O–H groups in total. The highest BCUT2D eigenvalue weighted by atomic mass is 32.2. The number of ether oxygens (including phenoxy) is 2. The minimum Gasteiger partial charge on any atom is -0.493 e. The summed E-state index contributed by atoms with van der Waals surface area (Å²) in [6.45, 7) is 0.726. The summed E-state index contributed by atoms with van der Waals surface area (Å²) in [4.78, 5) is 12.1. The molecule has 10 heteroatoms. The summed E-state index contributed by atoms with van der Waals surface area (Å²) < 4.78 is 51.7. The monoisotopic (exact) mass is 438 g/mol. The average molecular weight is 438 g/mol. The number of rotatable bonds is 8. The van der Waals surface area contributed by atoms with Gasteiger partial charge < -0.3 is 9.47 Å². The molecule has 1 amide bonds. The molecule has 0 atom stereocenters. The highest BCUT2D eigenvalue weighted by Crippen LogP contribution is 2.25. The van der Waals surface area contributed by atoms with Crippen molar-refractivity contribution in [2.24, 2.45) is 0 Å². The van der Waals surface area contributed by atoms with Crippen LogP contribution in [0.2, 0.25) is 0 Å². The molecule has 1 heterocycles. The molecule has 162 valence electrons. The smallest absolute Gasteiger partial charge is 0.264 e. The number of hydroxylamine groups is 1. The van der Waals surface area contributed by atoms with Crippen LogP contribution in [-0.2, 0) is 26.0 Å². The van der Waals surface area contributed by atoms with Crippen molar-refractivity contribution in [2.45, 2.75) is 29.7 Å². The van der Waals surface area contributed by atoms with Crippen LogP contribution in [0.15, 0.2) is 53.4 Å². The lowest BCUT2D eigenvalue weighted by Gasteiger charge is -2.35. The van der Waals surface area contributed by atoms with Gasteiger partial charge in [-0.3, -0.25) is 10.0 Å². The van der Waals surface area contributed by atoms with Gasteiger partial charge in [0.05, 0.1) is 11.5 Å². The fourth-order valence-electron chi connectivity index (χ4n) is 3.17. The molecule has 0 aromatic heterocycles. The van der Waals surface area contributed by atoms with Crippen molar-refractivity contribution in [2.75, 3.05) is 19.8 Å². The van der Waals surface area contributed by atoms with E-state index in [1.165, 1.54) is 41.9 Å². The van der Waals surface area contributed by atoms with Gasteiger partial charge in [-0.2, -0.15) is 4.72 Å². The molecule has 2 aromatic rings. The van der Waals surface area contributed by atoms with E-state index in [4.69, 9.17) is 14.7 Å². The van der Waals surface area contributed by atoms with E-state index in [1.54, 1.807) is 12.1 Å². The van der Waals surface area contributed by atoms with Gasteiger partial charge in [-0.1, -0.05) is 12.1 Å². The zero-order valence-corrected chi connectivity index (χ0v) is 17.0. The van der Waals surface area contributed by atoms with E-state index in [2.05, 4.69) is 4.72 Å². The van der Waals surface area contributed by atoms with Crippen LogP contribution in [0.5, 0.6) is 5.75 Å².